The van der Waals surface area contributed by atoms with Crippen molar-refractivity contribution in [2.45, 2.75) is 26.2 Å². The van der Waals surface area contributed by atoms with E-state index in [1.54, 1.807) is 35.6 Å². The number of hydrogen-bond donors (Lipinski definition) is 1. The minimum Gasteiger partial charge on any atom is -0.352 e. The second-order valence-corrected chi connectivity index (χ2v) is 9.08. The number of hydrogen-bond acceptors (Lipinski definition) is 5. The molecule has 8 heteroatoms. The van der Waals surface area contributed by atoms with Gasteiger partial charge in [0.15, 0.2) is 0 Å². The van der Waals surface area contributed by atoms with E-state index in [4.69, 9.17) is 0 Å². The lowest BCUT2D eigenvalue weighted by atomic mass is 10.1. The highest BCUT2D eigenvalue weighted by molar-refractivity contribution is 7.92. The number of nitrogens with zero attached hydrogens (tertiary/aromatic N) is 2. The van der Waals surface area contributed by atoms with E-state index < -0.39 is 10.0 Å². The lowest BCUT2D eigenvalue weighted by Crippen LogP contribution is -2.38. The Hall–Kier alpha value is -1.93. The van der Waals surface area contributed by atoms with E-state index in [1.807, 2.05) is 12.3 Å². The molecule has 0 atom stereocenters. The van der Waals surface area contributed by atoms with Gasteiger partial charge in [0.1, 0.15) is 0 Å². The molecule has 1 amide bonds. The molecule has 2 heterocycles. The van der Waals surface area contributed by atoms with E-state index in [-0.39, 0.29) is 11.7 Å². The van der Waals surface area contributed by atoms with E-state index >= 15 is 0 Å². The Morgan fingerprint density at radius 3 is 2.92 bits per heavy atom. The summed E-state index contributed by atoms with van der Waals surface area (Å²) < 4.78 is 25.8. The molecule has 2 aromatic rings. The van der Waals surface area contributed by atoms with Gasteiger partial charge < -0.3 is 5.32 Å². The number of rotatable bonds is 5. The number of anilines is 1. The van der Waals surface area contributed by atoms with Crippen LogP contribution in [-0.2, 0) is 16.4 Å². The summed E-state index contributed by atoms with van der Waals surface area (Å²) in [6, 6.07) is 6.80. The molecule has 1 aliphatic heterocycles. The molecule has 0 radical (unpaired) electrons. The van der Waals surface area contributed by atoms with Crippen molar-refractivity contribution in [1.82, 2.24) is 10.3 Å². The predicted molar refractivity (Wildman–Crippen MR) is 99.7 cm³/mol. The summed E-state index contributed by atoms with van der Waals surface area (Å²) in [7, 11) is -3.28. The lowest BCUT2D eigenvalue weighted by molar-refractivity contribution is 0.0954. The van der Waals surface area contributed by atoms with Crippen molar-refractivity contribution in [2.75, 3.05) is 23.1 Å². The highest BCUT2D eigenvalue weighted by Crippen LogP contribution is 2.24. The van der Waals surface area contributed by atoms with Crippen LogP contribution in [-0.4, -0.2) is 38.2 Å². The Morgan fingerprint density at radius 2 is 2.20 bits per heavy atom. The van der Waals surface area contributed by atoms with Crippen LogP contribution in [0.5, 0.6) is 0 Å². The molecule has 0 bridgehead atoms. The van der Waals surface area contributed by atoms with Crippen molar-refractivity contribution >= 4 is 33.0 Å². The minimum atomic E-state index is -3.28. The van der Waals surface area contributed by atoms with Gasteiger partial charge in [0.2, 0.25) is 10.0 Å². The van der Waals surface area contributed by atoms with E-state index in [2.05, 4.69) is 10.3 Å². The number of carbonyl (C=O) groups excluding carboxylic acids is 1. The molecule has 1 fully saturated rings. The summed E-state index contributed by atoms with van der Waals surface area (Å²) in [6.07, 6.45) is 2.20. The zero-order valence-electron chi connectivity index (χ0n) is 14.1. The number of amides is 1. The maximum absolute atomic E-state index is 12.3. The van der Waals surface area contributed by atoms with Gasteiger partial charge >= 0.3 is 0 Å². The summed E-state index contributed by atoms with van der Waals surface area (Å²) in [4.78, 5) is 16.7. The van der Waals surface area contributed by atoms with Gasteiger partial charge in [0, 0.05) is 30.5 Å². The van der Waals surface area contributed by atoms with Gasteiger partial charge in [-0.2, -0.15) is 0 Å². The predicted octanol–water partition coefficient (Wildman–Crippen LogP) is 2.35. The molecule has 3 rings (SSSR count). The van der Waals surface area contributed by atoms with Crippen molar-refractivity contribution in [1.29, 1.82) is 0 Å². The monoisotopic (exact) mass is 379 g/mol. The Kier molecular flexibility index (Phi) is 5.39. The Bertz CT molecular complexity index is 862. The van der Waals surface area contributed by atoms with Crippen LogP contribution in [0.2, 0.25) is 0 Å². The first kappa shape index (κ1) is 17.9. The smallest absolute Gasteiger partial charge is 0.251 e. The zero-order chi connectivity index (χ0) is 17.9. The summed E-state index contributed by atoms with van der Waals surface area (Å²) in [5, 5.41) is 5.87. The second-order valence-electron chi connectivity index (χ2n) is 6.01. The molecule has 1 aromatic heterocycles. The first-order chi connectivity index (χ1) is 12.0. The third-order valence-corrected chi connectivity index (χ3v) is 6.77. The van der Waals surface area contributed by atoms with Gasteiger partial charge in [-0.15, -0.1) is 11.3 Å². The normalized spacial score (nSPS) is 16.6. The van der Waals surface area contributed by atoms with Crippen LogP contribution in [0.1, 0.15) is 33.9 Å². The third kappa shape index (κ3) is 4.38. The molecule has 1 aromatic carbocycles. The van der Waals surface area contributed by atoms with Gasteiger partial charge in [-0.25, -0.2) is 13.4 Å². The molecular weight excluding hydrogens is 358 g/mol. The van der Waals surface area contributed by atoms with Crippen LogP contribution >= 0.6 is 11.3 Å². The fourth-order valence-corrected chi connectivity index (χ4v) is 5.09. The van der Waals surface area contributed by atoms with Gasteiger partial charge in [-0.1, -0.05) is 6.07 Å². The summed E-state index contributed by atoms with van der Waals surface area (Å²) in [5.74, 6) is -0.0422. The van der Waals surface area contributed by atoms with Crippen molar-refractivity contribution in [3.05, 3.63) is 45.9 Å². The third-order valence-electron chi connectivity index (χ3n) is 4.08. The van der Waals surface area contributed by atoms with E-state index in [0.717, 1.165) is 17.1 Å². The van der Waals surface area contributed by atoms with E-state index in [9.17, 15) is 13.2 Å². The highest BCUT2D eigenvalue weighted by atomic mass is 32.2. The van der Waals surface area contributed by atoms with Crippen LogP contribution in [0, 0.1) is 6.92 Å². The number of aromatic nitrogens is 1. The van der Waals surface area contributed by atoms with Crippen LogP contribution in [0.15, 0.2) is 29.6 Å². The summed E-state index contributed by atoms with van der Waals surface area (Å²) in [5.41, 5.74) is 1.99. The average Bonchev–Trinajstić information content (AvgIpc) is 3.00. The van der Waals surface area contributed by atoms with Gasteiger partial charge in [0.25, 0.3) is 5.91 Å². The fourth-order valence-electron chi connectivity index (χ4n) is 2.81. The topological polar surface area (TPSA) is 79.4 Å². The number of benzene rings is 1. The number of aryl methyl sites for hydroxylation is 1. The molecule has 0 aliphatic carbocycles. The van der Waals surface area contributed by atoms with Crippen LogP contribution in [0.25, 0.3) is 0 Å². The minimum absolute atomic E-state index is 0.163. The number of carbonyl (C=O) groups is 1. The lowest BCUT2D eigenvalue weighted by Gasteiger charge is -2.28. The van der Waals surface area contributed by atoms with Crippen molar-refractivity contribution in [2.24, 2.45) is 0 Å². The maximum atomic E-state index is 12.3. The molecular formula is C17H21N3O3S2. The van der Waals surface area contributed by atoms with E-state index in [1.165, 1.54) is 4.31 Å². The molecule has 0 spiro atoms. The van der Waals surface area contributed by atoms with Crippen molar-refractivity contribution < 1.29 is 13.2 Å². The molecule has 134 valence electrons. The summed E-state index contributed by atoms with van der Waals surface area (Å²) in [6.45, 7) is 2.91. The van der Waals surface area contributed by atoms with Gasteiger partial charge in [-0.3, -0.25) is 9.10 Å². The van der Waals surface area contributed by atoms with Crippen molar-refractivity contribution in [3.8, 4) is 0 Å². The molecule has 25 heavy (non-hydrogen) atoms. The average molecular weight is 380 g/mol. The SMILES string of the molecule is Cc1nc(CCNC(=O)c2cccc(N3CCCCS3(=O)=O)c2)cs1. The standard InChI is InChI=1S/C17H21N3O3S2/c1-13-19-15(12-24-13)7-8-18-17(21)14-5-4-6-16(11-14)20-9-2-3-10-25(20,22)23/h4-6,11-12H,2-3,7-10H2,1H3,(H,18,21). The van der Waals surface area contributed by atoms with Gasteiger partial charge in [0.05, 0.1) is 22.1 Å². The molecule has 0 unspecified atom stereocenters. The number of nitrogens with one attached hydrogen (secondary N) is 1. The first-order valence-electron chi connectivity index (χ1n) is 8.25. The Morgan fingerprint density at radius 1 is 1.36 bits per heavy atom. The number of sulfonamides is 1. The fraction of sp³-hybridized carbons (Fsp3) is 0.412. The largest absolute Gasteiger partial charge is 0.352 e. The molecule has 1 saturated heterocycles. The first-order valence-corrected chi connectivity index (χ1v) is 10.7. The molecule has 6 nitrogen and oxygen atoms in total. The molecule has 0 saturated carbocycles. The zero-order valence-corrected chi connectivity index (χ0v) is 15.7. The Balaban J connectivity index is 1.65. The summed E-state index contributed by atoms with van der Waals surface area (Å²) >= 11 is 1.59. The molecule has 1 N–H and O–H groups in total. The van der Waals surface area contributed by atoms with Gasteiger partial charge in [-0.05, 0) is 38.0 Å². The van der Waals surface area contributed by atoms with E-state index in [0.29, 0.717) is 37.2 Å². The van der Waals surface area contributed by atoms with Crippen LogP contribution in [0.4, 0.5) is 5.69 Å². The highest BCUT2D eigenvalue weighted by Gasteiger charge is 2.26. The maximum Gasteiger partial charge on any atom is 0.251 e. The Labute approximate surface area is 151 Å². The number of thiazole rings is 1. The quantitative estimate of drug-likeness (QED) is 0.865. The molecule has 1 aliphatic rings. The van der Waals surface area contributed by atoms with Crippen LogP contribution < -0.4 is 9.62 Å². The second kappa shape index (κ2) is 7.53. The van der Waals surface area contributed by atoms with Crippen LogP contribution in [0.3, 0.4) is 0 Å². The van der Waals surface area contributed by atoms with Crippen molar-refractivity contribution in [3.63, 3.8) is 0 Å².